The number of rotatable bonds is 5. The smallest absolute Gasteiger partial charge is 0.416 e. The molecule has 1 aliphatic heterocycles. The van der Waals surface area contributed by atoms with Gasteiger partial charge in [0, 0.05) is 19.6 Å². The maximum absolute atomic E-state index is 12.6. The summed E-state index contributed by atoms with van der Waals surface area (Å²) in [6.45, 7) is 2.94. The van der Waals surface area contributed by atoms with E-state index in [2.05, 4.69) is 0 Å². The first-order valence-corrected chi connectivity index (χ1v) is 7.99. The van der Waals surface area contributed by atoms with Crippen LogP contribution in [-0.2, 0) is 17.5 Å². The second-order valence-corrected chi connectivity index (χ2v) is 6.42. The molecule has 1 aromatic rings. The third-order valence-electron chi connectivity index (χ3n) is 4.67. The van der Waals surface area contributed by atoms with Gasteiger partial charge >= 0.3 is 12.1 Å². The lowest BCUT2D eigenvalue weighted by Crippen LogP contribution is -2.55. The number of halogens is 3. The highest BCUT2D eigenvalue weighted by atomic mass is 19.4. The van der Waals surface area contributed by atoms with E-state index in [4.69, 9.17) is 0 Å². The number of likely N-dealkylation sites (tertiary alicyclic amines) is 1. The fourth-order valence-corrected chi connectivity index (χ4v) is 3.37. The van der Waals surface area contributed by atoms with Crippen LogP contribution in [0.4, 0.5) is 13.2 Å². The first-order chi connectivity index (χ1) is 11.2. The summed E-state index contributed by atoms with van der Waals surface area (Å²) in [7, 11) is 0. The van der Waals surface area contributed by atoms with Crippen molar-refractivity contribution in [1.29, 1.82) is 0 Å². The fraction of sp³-hybridized carbons (Fsp3) is 0.588. The predicted octanol–water partition coefficient (Wildman–Crippen LogP) is 3.14. The number of benzene rings is 1. The number of aliphatic hydroxyl groups is 1. The van der Waals surface area contributed by atoms with Crippen molar-refractivity contribution in [3.63, 3.8) is 0 Å². The lowest BCUT2D eigenvalue weighted by molar-refractivity contribution is -0.164. The Kier molecular flexibility index (Phi) is 5.55. The van der Waals surface area contributed by atoms with Crippen LogP contribution in [0.25, 0.3) is 0 Å². The van der Waals surface area contributed by atoms with Crippen LogP contribution in [0, 0.1) is 5.41 Å². The standard InChI is InChI=1S/C17H22F3NO3/c1-2-8-16(15(23)24)11-21(9-7-14(16)22)10-12-3-5-13(6-4-12)17(18,19)20/h3-6,14,22H,2,7-11H2,1H3,(H,23,24)/t14-,16-/m1/s1. The molecule has 2 atom stereocenters. The number of hydrogen-bond donors (Lipinski definition) is 2. The molecule has 134 valence electrons. The van der Waals surface area contributed by atoms with Gasteiger partial charge in [-0.15, -0.1) is 0 Å². The minimum Gasteiger partial charge on any atom is -0.481 e. The van der Waals surface area contributed by atoms with Crippen LogP contribution in [-0.4, -0.2) is 40.3 Å². The Hall–Kier alpha value is -1.60. The molecule has 1 fully saturated rings. The number of alkyl halides is 3. The number of carboxylic acid groups (broad SMARTS) is 1. The Morgan fingerprint density at radius 1 is 1.33 bits per heavy atom. The van der Waals surface area contributed by atoms with E-state index in [1.54, 1.807) is 0 Å². The molecule has 1 aliphatic rings. The summed E-state index contributed by atoms with van der Waals surface area (Å²) < 4.78 is 37.8. The average molecular weight is 345 g/mol. The lowest BCUT2D eigenvalue weighted by Gasteiger charge is -2.43. The molecule has 0 aromatic heterocycles. The molecule has 0 amide bonds. The molecule has 2 rings (SSSR count). The normalized spacial score (nSPS) is 25.6. The summed E-state index contributed by atoms with van der Waals surface area (Å²) in [5, 5.41) is 19.8. The molecule has 1 heterocycles. The van der Waals surface area contributed by atoms with Gasteiger partial charge < -0.3 is 10.2 Å². The molecule has 1 aromatic carbocycles. The summed E-state index contributed by atoms with van der Waals surface area (Å²) >= 11 is 0. The number of carbonyl (C=O) groups is 1. The first kappa shape index (κ1) is 18.7. The molecule has 0 unspecified atom stereocenters. The molecule has 0 spiro atoms. The zero-order valence-electron chi connectivity index (χ0n) is 13.5. The monoisotopic (exact) mass is 345 g/mol. The number of hydrogen-bond acceptors (Lipinski definition) is 3. The molecule has 7 heteroatoms. The van der Waals surface area contributed by atoms with E-state index in [1.807, 2.05) is 11.8 Å². The highest BCUT2D eigenvalue weighted by Crippen LogP contribution is 2.36. The Morgan fingerprint density at radius 2 is 1.96 bits per heavy atom. The van der Waals surface area contributed by atoms with Gasteiger partial charge in [0.15, 0.2) is 0 Å². The Labute approximate surface area is 138 Å². The molecule has 0 aliphatic carbocycles. The maximum atomic E-state index is 12.6. The Balaban J connectivity index is 2.11. The molecule has 24 heavy (non-hydrogen) atoms. The quantitative estimate of drug-likeness (QED) is 0.861. The zero-order valence-corrected chi connectivity index (χ0v) is 13.5. The van der Waals surface area contributed by atoms with Gasteiger partial charge in [0.2, 0.25) is 0 Å². The average Bonchev–Trinajstić information content (AvgIpc) is 2.50. The summed E-state index contributed by atoms with van der Waals surface area (Å²) in [4.78, 5) is 13.6. The highest BCUT2D eigenvalue weighted by molar-refractivity contribution is 5.76. The Bertz CT molecular complexity index is 573. The molecule has 4 nitrogen and oxygen atoms in total. The SMILES string of the molecule is CCC[C@@]1(C(=O)O)CN(Cc2ccc(C(F)(F)F)cc2)CC[C@H]1O. The van der Waals surface area contributed by atoms with Gasteiger partial charge in [-0.25, -0.2) is 0 Å². The van der Waals surface area contributed by atoms with Crippen LogP contribution >= 0.6 is 0 Å². The van der Waals surface area contributed by atoms with Crippen LogP contribution in [0.3, 0.4) is 0 Å². The van der Waals surface area contributed by atoms with E-state index in [1.165, 1.54) is 12.1 Å². The highest BCUT2D eigenvalue weighted by Gasteiger charge is 2.48. The van der Waals surface area contributed by atoms with Crippen molar-refractivity contribution in [1.82, 2.24) is 4.90 Å². The van der Waals surface area contributed by atoms with Gasteiger partial charge in [0.05, 0.1) is 11.7 Å². The van der Waals surface area contributed by atoms with E-state index in [-0.39, 0.29) is 6.54 Å². The van der Waals surface area contributed by atoms with Crippen molar-refractivity contribution < 1.29 is 28.2 Å². The molecule has 0 bridgehead atoms. The number of carboxylic acids is 1. The lowest BCUT2D eigenvalue weighted by atomic mass is 9.74. The van der Waals surface area contributed by atoms with Crippen LogP contribution in [0.5, 0.6) is 0 Å². The minimum atomic E-state index is -4.37. The third kappa shape index (κ3) is 3.89. The Morgan fingerprint density at radius 3 is 2.46 bits per heavy atom. The topological polar surface area (TPSA) is 60.8 Å². The molecule has 0 saturated carbocycles. The molecular formula is C17H22F3NO3. The van der Waals surface area contributed by atoms with Gasteiger partial charge in [0.25, 0.3) is 0 Å². The first-order valence-electron chi connectivity index (χ1n) is 7.99. The number of aliphatic hydroxyl groups excluding tert-OH is 1. The van der Waals surface area contributed by atoms with E-state index < -0.39 is 29.2 Å². The van der Waals surface area contributed by atoms with Gasteiger partial charge in [-0.3, -0.25) is 9.69 Å². The minimum absolute atomic E-state index is 0.193. The van der Waals surface area contributed by atoms with Gasteiger partial charge in [-0.2, -0.15) is 13.2 Å². The van der Waals surface area contributed by atoms with Crippen molar-refractivity contribution in [2.45, 2.75) is 45.0 Å². The van der Waals surface area contributed by atoms with Crippen molar-refractivity contribution in [2.75, 3.05) is 13.1 Å². The van der Waals surface area contributed by atoms with Gasteiger partial charge in [-0.1, -0.05) is 25.5 Å². The molecule has 2 N–H and O–H groups in total. The van der Waals surface area contributed by atoms with Gasteiger partial charge in [-0.05, 0) is 30.5 Å². The fourth-order valence-electron chi connectivity index (χ4n) is 3.37. The van der Waals surface area contributed by atoms with Crippen molar-refractivity contribution in [3.05, 3.63) is 35.4 Å². The second-order valence-electron chi connectivity index (χ2n) is 6.42. The second kappa shape index (κ2) is 7.11. The number of aliphatic carboxylic acids is 1. The van der Waals surface area contributed by atoms with E-state index in [0.29, 0.717) is 37.9 Å². The van der Waals surface area contributed by atoms with Crippen LogP contribution in [0.1, 0.15) is 37.3 Å². The van der Waals surface area contributed by atoms with E-state index in [0.717, 1.165) is 12.1 Å². The summed E-state index contributed by atoms with van der Waals surface area (Å²) in [6.07, 6.45) is -3.93. The van der Waals surface area contributed by atoms with Crippen molar-refractivity contribution in [2.24, 2.45) is 5.41 Å². The molecule has 1 saturated heterocycles. The summed E-state index contributed by atoms with van der Waals surface area (Å²) in [5.74, 6) is -1.02. The third-order valence-corrected chi connectivity index (χ3v) is 4.67. The largest absolute Gasteiger partial charge is 0.481 e. The zero-order chi connectivity index (χ0) is 18.0. The van der Waals surface area contributed by atoms with E-state index >= 15 is 0 Å². The molecular weight excluding hydrogens is 323 g/mol. The number of piperidine rings is 1. The number of nitrogens with zero attached hydrogens (tertiary/aromatic N) is 1. The summed E-state index contributed by atoms with van der Waals surface area (Å²) in [6, 6.07) is 4.89. The van der Waals surface area contributed by atoms with Crippen molar-refractivity contribution in [3.8, 4) is 0 Å². The van der Waals surface area contributed by atoms with Gasteiger partial charge in [0.1, 0.15) is 5.41 Å². The van der Waals surface area contributed by atoms with Crippen LogP contribution in [0.15, 0.2) is 24.3 Å². The van der Waals surface area contributed by atoms with Crippen LogP contribution < -0.4 is 0 Å². The molecule has 0 radical (unpaired) electrons. The van der Waals surface area contributed by atoms with Crippen molar-refractivity contribution >= 4 is 5.97 Å². The predicted molar refractivity (Wildman–Crippen MR) is 82.3 cm³/mol. The summed E-state index contributed by atoms with van der Waals surface area (Å²) in [5.41, 5.74) is -1.22. The maximum Gasteiger partial charge on any atom is 0.416 e. The van der Waals surface area contributed by atoms with Crippen LogP contribution in [0.2, 0.25) is 0 Å². The van der Waals surface area contributed by atoms with E-state index in [9.17, 15) is 28.2 Å².